The van der Waals surface area contributed by atoms with Crippen molar-refractivity contribution >= 4 is 21.6 Å². The van der Waals surface area contributed by atoms with Crippen LogP contribution in [0.4, 0.5) is 5.69 Å². The lowest BCUT2D eigenvalue weighted by Gasteiger charge is -2.26. The lowest BCUT2D eigenvalue weighted by atomic mass is 10.1. The largest absolute Gasteiger partial charge is 0.453 e. The second-order valence-corrected chi connectivity index (χ2v) is 6.91. The van der Waals surface area contributed by atoms with Crippen LogP contribution in [-0.4, -0.2) is 21.4 Å². The van der Waals surface area contributed by atoms with Gasteiger partial charge in [-0.3, -0.25) is 9.69 Å². The summed E-state index contributed by atoms with van der Waals surface area (Å²) in [6.45, 7) is 2.07. The van der Waals surface area contributed by atoms with Gasteiger partial charge in [0.1, 0.15) is 11.6 Å². The molecule has 4 rings (SSSR count). The van der Waals surface area contributed by atoms with Crippen LogP contribution in [0.5, 0.6) is 0 Å². The number of nitrogens with zero attached hydrogens (tertiary/aromatic N) is 2. The number of aromatic nitrogens is 2. The number of benzene rings is 1. The molecule has 2 aromatic heterocycles. The topological polar surface area (TPSA) is 88.1 Å². The van der Waals surface area contributed by atoms with E-state index in [4.69, 9.17) is 10.2 Å². The fourth-order valence-electron chi connectivity index (χ4n) is 3.05. The van der Waals surface area contributed by atoms with Gasteiger partial charge in [-0.15, -0.1) is 0 Å². The first kappa shape index (κ1) is 16.1. The number of fused-ring (bicyclic) bond motifs is 1. The van der Waals surface area contributed by atoms with Crippen LogP contribution in [0.3, 0.4) is 0 Å². The van der Waals surface area contributed by atoms with E-state index in [1.165, 1.54) is 0 Å². The van der Waals surface area contributed by atoms with Gasteiger partial charge in [0.05, 0.1) is 17.8 Å². The number of rotatable bonds is 3. The maximum Gasteiger partial charge on any atom is 0.255 e. The summed E-state index contributed by atoms with van der Waals surface area (Å²) in [7, 11) is 0. The zero-order valence-corrected chi connectivity index (χ0v) is 15.0. The van der Waals surface area contributed by atoms with Crippen molar-refractivity contribution in [2.24, 2.45) is 0 Å². The number of H-pyrrole nitrogens is 1. The number of furan rings is 1. The summed E-state index contributed by atoms with van der Waals surface area (Å²) in [4.78, 5) is 22.3. The Morgan fingerprint density at radius 3 is 2.76 bits per heavy atom. The van der Waals surface area contributed by atoms with E-state index < -0.39 is 0 Å². The number of nitrogen functional groups attached to an aromatic ring is 1. The molecule has 0 bridgehead atoms. The van der Waals surface area contributed by atoms with Gasteiger partial charge in [0.15, 0.2) is 4.67 Å². The summed E-state index contributed by atoms with van der Waals surface area (Å²) in [6, 6.07) is 11.1. The molecule has 128 valence electrons. The molecule has 25 heavy (non-hydrogen) atoms. The maximum absolute atomic E-state index is 12.5. The van der Waals surface area contributed by atoms with Crippen LogP contribution in [0.25, 0.3) is 11.4 Å². The van der Waals surface area contributed by atoms with Gasteiger partial charge in [0, 0.05) is 30.8 Å². The predicted octanol–water partition coefficient (Wildman–Crippen LogP) is 2.93. The summed E-state index contributed by atoms with van der Waals surface area (Å²) < 4.78 is 6.27. The SMILES string of the molecule is Nc1ccc(-c2nc3c(c(=O)[nH]2)CN(Cc2ccc(Br)o2)CC3)cc1. The van der Waals surface area contributed by atoms with Crippen molar-refractivity contribution in [3.8, 4) is 11.4 Å². The van der Waals surface area contributed by atoms with Crippen LogP contribution < -0.4 is 11.3 Å². The Morgan fingerprint density at radius 1 is 1.24 bits per heavy atom. The van der Waals surface area contributed by atoms with E-state index in [0.29, 0.717) is 29.3 Å². The third-order valence-electron chi connectivity index (χ3n) is 4.34. The molecular weight excluding hydrogens is 384 g/mol. The Bertz CT molecular complexity index is 962. The van der Waals surface area contributed by atoms with Gasteiger partial charge in [0.2, 0.25) is 0 Å². The summed E-state index contributed by atoms with van der Waals surface area (Å²) in [5, 5.41) is 0. The van der Waals surface area contributed by atoms with Crippen molar-refractivity contribution in [1.82, 2.24) is 14.9 Å². The number of nitrogens with two attached hydrogens (primary N) is 1. The second kappa shape index (κ2) is 6.50. The average Bonchev–Trinajstić information content (AvgIpc) is 3.01. The standard InChI is InChI=1S/C18H17BrN4O2/c19-16-6-5-13(25-16)9-23-8-7-15-14(10-23)18(24)22-17(21-15)11-1-3-12(20)4-2-11/h1-6H,7-10,20H2,(H,21,22,24). The molecule has 1 aliphatic rings. The van der Waals surface area contributed by atoms with E-state index in [2.05, 4.69) is 30.8 Å². The van der Waals surface area contributed by atoms with E-state index in [9.17, 15) is 4.79 Å². The number of aromatic amines is 1. The lowest BCUT2D eigenvalue weighted by Crippen LogP contribution is -2.35. The zero-order chi connectivity index (χ0) is 17.4. The minimum Gasteiger partial charge on any atom is -0.453 e. The average molecular weight is 401 g/mol. The maximum atomic E-state index is 12.5. The number of halogens is 1. The number of hydrogen-bond donors (Lipinski definition) is 2. The van der Waals surface area contributed by atoms with Crippen molar-refractivity contribution in [2.75, 3.05) is 12.3 Å². The summed E-state index contributed by atoms with van der Waals surface area (Å²) in [5.74, 6) is 1.46. The molecule has 0 fully saturated rings. The van der Waals surface area contributed by atoms with Gasteiger partial charge in [-0.25, -0.2) is 4.98 Å². The molecule has 0 atom stereocenters. The Kier molecular flexibility index (Phi) is 4.19. The van der Waals surface area contributed by atoms with Gasteiger partial charge in [-0.2, -0.15) is 0 Å². The van der Waals surface area contributed by atoms with Crippen LogP contribution in [0, 0.1) is 0 Å². The first-order valence-electron chi connectivity index (χ1n) is 8.03. The molecule has 0 spiro atoms. The van der Waals surface area contributed by atoms with Gasteiger partial charge in [0.25, 0.3) is 5.56 Å². The molecular formula is C18H17BrN4O2. The fourth-order valence-corrected chi connectivity index (χ4v) is 3.39. The van der Waals surface area contributed by atoms with E-state index in [1.54, 1.807) is 12.1 Å². The number of nitrogens with one attached hydrogen (secondary N) is 1. The van der Waals surface area contributed by atoms with Crippen LogP contribution in [0.1, 0.15) is 17.0 Å². The Labute approximate surface area is 152 Å². The van der Waals surface area contributed by atoms with Gasteiger partial charge >= 0.3 is 0 Å². The number of hydrogen-bond acceptors (Lipinski definition) is 5. The Balaban J connectivity index is 1.59. The van der Waals surface area contributed by atoms with Gasteiger partial charge in [-0.05, 0) is 52.3 Å². The molecule has 0 radical (unpaired) electrons. The van der Waals surface area contributed by atoms with E-state index in [0.717, 1.165) is 35.5 Å². The van der Waals surface area contributed by atoms with Crippen molar-refractivity contribution in [3.05, 3.63) is 68.4 Å². The predicted molar refractivity (Wildman–Crippen MR) is 98.9 cm³/mol. The van der Waals surface area contributed by atoms with Crippen LogP contribution in [0.2, 0.25) is 0 Å². The molecule has 3 heterocycles. The Morgan fingerprint density at radius 2 is 2.04 bits per heavy atom. The van der Waals surface area contributed by atoms with Crippen LogP contribution in [-0.2, 0) is 19.5 Å². The Hall–Kier alpha value is -2.38. The normalized spacial score (nSPS) is 14.4. The van der Waals surface area contributed by atoms with E-state index >= 15 is 0 Å². The zero-order valence-electron chi connectivity index (χ0n) is 13.5. The highest BCUT2D eigenvalue weighted by Gasteiger charge is 2.22. The molecule has 7 heteroatoms. The molecule has 6 nitrogen and oxygen atoms in total. The van der Waals surface area contributed by atoms with Crippen molar-refractivity contribution in [2.45, 2.75) is 19.5 Å². The monoisotopic (exact) mass is 400 g/mol. The first-order chi connectivity index (χ1) is 12.1. The lowest BCUT2D eigenvalue weighted by molar-refractivity contribution is 0.221. The summed E-state index contributed by atoms with van der Waals surface area (Å²) >= 11 is 3.31. The third-order valence-corrected chi connectivity index (χ3v) is 4.77. The molecule has 0 unspecified atom stereocenters. The fraction of sp³-hybridized carbons (Fsp3) is 0.222. The highest BCUT2D eigenvalue weighted by Crippen LogP contribution is 2.22. The molecule has 0 saturated carbocycles. The third kappa shape index (κ3) is 3.38. The van der Waals surface area contributed by atoms with Crippen molar-refractivity contribution in [1.29, 1.82) is 0 Å². The molecule has 3 N–H and O–H groups in total. The van der Waals surface area contributed by atoms with Gasteiger partial charge < -0.3 is 15.1 Å². The molecule has 1 aliphatic heterocycles. The molecule has 1 aromatic carbocycles. The smallest absolute Gasteiger partial charge is 0.255 e. The quantitative estimate of drug-likeness (QED) is 0.659. The number of anilines is 1. The molecule has 0 aliphatic carbocycles. The minimum atomic E-state index is -0.0813. The summed E-state index contributed by atoms with van der Waals surface area (Å²) in [6.07, 6.45) is 0.739. The second-order valence-electron chi connectivity index (χ2n) is 6.13. The van der Waals surface area contributed by atoms with Crippen molar-refractivity contribution < 1.29 is 4.42 Å². The highest BCUT2D eigenvalue weighted by molar-refractivity contribution is 9.10. The van der Waals surface area contributed by atoms with Crippen molar-refractivity contribution in [3.63, 3.8) is 0 Å². The molecule has 0 amide bonds. The van der Waals surface area contributed by atoms with Crippen LogP contribution in [0.15, 0.2) is 50.3 Å². The van der Waals surface area contributed by atoms with Gasteiger partial charge in [-0.1, -0.05) is 0 Å². The van der Waals surface area contributed by atoms with Crippen LogP contribution >= 0.6 is 15.9 Å². The minimum absolute atomic E-state index is 0.0813. The summed E-state index contributed by atoms with van der Waals surface area (Å²) in [5.41, 5.74) is 8.78. The highest BCUT2D eigenvalue weighted by atomic mass is 79.9. The molecule has 3 aromatic rings. The van der Waals surface area contributed by atoms with E-state index in [-0.39, 0.29) is 5.56 Å². The first-order valence-corrected chi connectivity index (χ1v) is 8.82. The molecule has 0 saturated heterocycles. The van der Waals surface area contributed by atoms with E-state index in [1.807, 2.05) is 24.3 Å².